The van der Waals surface area contributed by atoms with Crippen LogP contribution in [0.15, 0.2) is 33.7 Å². The Labute approximate surface area is 250 Å². The van der Waals surface area contributed by atoms with Crippen molar-refractivity contribution in [1.29, 1.82) is 0 Å². The van der Waals surface area contributed by atoms with E-state index in [2.05, 4.69) is 0 Å². The Morgan fingerprint density at radius 2 is 2.10 bits per heavy atom. The number of nitrogens with zero attached hydrogens (tertiary/aromatic N) is 3. The number of aromatic nitrogens is 1. The van der Waals surface area contributed by atoms with Gasteiger partial charge in [0.25, 0.3) is 0 Å². The van der Waals surface area contributed by atoms with Crippen LogP contribution in [0.25, 0.3) is 11.3 Å². The van der Waals surface area contributed by atoms with Crippen molar-refractivity contribution < 1.29 is 37.1 Å². The Morgan fingerprint density at radius 3 is 2.63 bits per heavy atom. The van der Waals surface area contributed by atoms with Crippen molar-refractivity contribution >= 4 is 87.2 Å². The summed E-state index contributed by atoms with van der Waals surface area (Å²) in [7, 11) is -1.37. The molecule has 0 aliphatic carbocycles. The van der Waals surface area contributed by atoms with Crippen LogP contribution < -0.4 is 28.4 Å². The molecule has 0 radical (unpaired) electrons. The zero-order valence-electron chi connectivity index (χ0n) is 22.3. The van der Waals surface area contributed by atoms with Gasteiger partial charge in [0.2, 0.25) is 0 Å². The summed E-state index contributed by atoms with van der Waals surface area (Å²) in [5.74, 6) is -1.46. The summed E-state index contributed by atoms with van der Waals surface area (Å²) in [6, 6.07) is 5.21. The van der Waals surface area contributed by atoms with Crippen LogP contribution in [-0.2, 0) is 31.0 Å². The van der Waals surface area contributed by atoms with Gasteiger partial charge in [0.15, 0.2) is 0 Å². The number of methoxy groups -OCH3 is 1. The summed E-state index contributed by atoms with van der Waals surface area (Å²) in [5, 5.41) is 8.33. The zero-order chi connectivity index (χ0) is 30.0. The number of fused-ring (bicyclic) bond motifs is 2. The van der Waals surface area contributed by atoms with Crippen LogP contribution in [0.2, 0.25) is 0 Å². The first-order valence-corrected chi connectivity index (χ1v) is 16.7. The molecule has 3 atom stereocenters. The minimum absolute atomic E-state index is 0.0394. The second-order valence-electron chi connectivity index (χ2n) is 9.85. The molecule has 5 rings (SSSR count). The van der Waals surface area contributed by atoms with Crippen LogP contribution in [-0.4, -0.2) is 91.5 Å². The minimum atomic E-state index is -4.34. The van der Waals surface area contributed by atoms with Crippen molar-refractivity contribution in [1.82, 2.24) is 14.0 Å². The van der Waals surface area contributed by atoms with Gasteiger partial charge in [-0.2, -0.15) is 0 Å². The second-order valence-corrected chi connectivity index (χ2v) is 15.2. The maximum absolute atomic E-state index is 13.5. The van der Waals surface area contributed by atoms with Crippen molar-refractivity contribution in [2.24, 2.45) is 0 Å². The zero-order valence-corrected chi connectivity index (χ0v) is 26.5. The first-order chi connectivity index (χ1) is 19.2. The van der Waals surface area contributed by atoms with E-state index in [1.807, 2.05) is 24.3 Å². The van der Waals surface area contributed by atoms with Gasteiger partial charge in [-0.05, 0) is 0 Å². The molecule has 3 aliphatic heterocycles. The van der Waals surface area contributed by atoms with Crippen LogP contribution in [0, 0.1) is 0 Å². The Hall–Kier alpha value is -2.85. The normalized spacial score (nSPS) is 25.7. The van der Waals surface area contributed by atoms with Crippen LogP contribution in [0.3, 0.4) is 0 Å². The molecule has 4 heterocycles. The number of likely N-dealkylation sites (N-methyl/N-ethyl adjacent to an activating group) is 1. The second kappa shape index (κ2) is 10.5. The molecule has 0 bridgehead atoms. The predicted molar refractivity (Wildman–Crippen MR) is 157 cm³/mol. The summed E-state index contributed by atoms with van der Waals surface area (Å²) in [6.45, 7) is 3.11. The Kier molecular flexibility index (Phi) is 7.56. The number of hydrogen-bond donors (Lipinski definition) is 2. The molecule has 3 aliphatic rings. The number of thiazole rings is 1. The molecule has 2 saturated heterocycles. The quantitative estimate of drug-likeness (QED) is 0.173. The van der Waals surface area contributed by atoms with Crippen molar-refractivity contribution in [3.8, 4) is 5.75 Å². The summed E-state index contributed by atoms with van der Waals surface area (Å²) >= 11 is 5.72. The van der Waals surface area contributed by atoms with Gasteiger partial charge in [0, 0.05) is 0 Å². The molecule has 1 spiro atoms. The molecule has 2 N–H and O–H groups in total. The number of amides is 1. The van der Waals surface area contributed by atoms with Crippen molar-refractivity contribution in [3.05, 3.63) is 48.4 Å². The summed E-state index contributed by atoms with van der Waals surface area (Å²) in [4.78, 5) is 39.0. The topological polar surface area (TPSA) is 152 Å². The summed E-state index contributed by atoms with van der Waals surface area (Å²) in [6.07, 6.45) is 2.40. The van der Waals surface area contributed by atoms with Crippen LogP contribution in [0.5, 0.6) is 5.75 Å². The van der Waals surface area contributed by atoms with E-state index >= 15 is 0 Å². The molecule has 218 valence electrons. The van der Waals surface area contributed by atoms with Crippen LogP contribution in [0.4, 0.5) is 5.69 Å². The van der Waals surface area contributed by atoms with Gasteiger partial charge in [0.05, 0.1) is 0 Å². The number of quaternary nitrogens is 1. The molecule has 1 aromatic heterocycles. The number of allylic oxidation sites excluding steroid dienone is 1. The molecular formula is C25H26N3O9S3Se+. The fraction of sp³-hybridized carbons (Fsp3) is 0.360. The van der Waals surface area contributed by atoms with Gasteiger partial charge in [-0.1, -0.05) is 0 Å². The molecule has 1 amide bonds. The van der Waals surface area contributed by atoms with E-state index < -0.39 is 45.4 Å². The monoisotopic (exact) mass is 688 g/mol. The fourth-order valence-electron chi connectivity index (χ4n) is 5.31. The molecule has 0 saturated carbocycles. The number of carboxylic acid groups (broad SMARTS) is 1. The van der Waals surface area contributed by atoms with Gasteiger partial charge in [0.1, 0.15) is 0 Å². The first kappa shape index (κ1) is 29.6. The van der Waals surface area contributed by atoms with Crippen molar-refractivity contribution in [3.63, 3.8) is 0 Å². The van der Waals surface area contributed by atoms with Gasteiger partial charge >= 0.3 is 251 Å². The predicted octanol–water partition coefficient (Wildman–Crippen LogP) is -0.704. The number of hydrogen-bond acceptors (Lipinski definition) is 9. The van der Waals surface area contributed by atoms with Gasteiger partial charge in [-0.3, -0.25) is 0 Å². The number of carbonyl (C=O) groups is 2. The van der Waals surface area contributed by atoms with E-state index in [1.165, 1.54) is 14.0 Å². The Bertz CT molecular complexity index is 1850. The van der Waals surface area contributed by atoms with Crippen LogP contribution in [0.1, 0.15) is 20.3 Å². The molecular weight excluding hydrogens is 661 g/mol. The molecule has 2 aromatic rings. The molecule has 3 unspecified atom stereocenters. The van der Waals surface area contributed by atoms with E-state index in [9.17, 15) is 32.5 Å². The molecule has 2 fully saturated rings. The van der Waals surface area contributed by atoms with E-state index in [0.717, 1.165) is 35.5 Å². The van der Waals surface area contributed by atoms with Gasteiger partial charge < -0.3 is 0 Å². The third-order valence-electron chi connectivity index (χ3n) is 7.59. The number of benzene rings is 1. The molecule has 16 heteroatoms. The standard InChI is InChI=1S/C25H25N3O9S3Se/c1-12(21-23(32)27(11-19(29)30)24(39-21)20-22(31)26(3)25(38)37-20)9-18-28(8-7-15(28)13(2)40(33,34)35)16-10-14(36-4)5-6-17(16)41-18/h5-6,9-10,13,15H,7-8,11H2,1-4H3,(H-,29,30,33,34,35)/p+1/b18-9?,21-12?,24-20+. The van der Waals surface area contributed by atoms with E-state index in [1.54, 1.807) is 14.0 Å². The van der Waals surface area contributed by atoms with E-state index in [4.69, 9.17) is 21.7 Å². The summed E-state index contributed by atoms with van der Waals surface area (Å²) < 4.78 is 48.6. The average Bonchev–Trinajstić information content (AvgIpc) is 3.47. The van der Waals surface area contributed by atoms with Crippen molar-refractivity contribution in [2.45, 2.75) is 38.1 Å². The Balaban J connectivity index is 1.74. The van der Waals surface area contributed by atoms with E-state index in [-0.39, 0.29) is 39.6 Å². The molecule has 41 heavy (non-hydrogen) atoms. The third kappa shape index (κ3) is 4.76. The van der Waals surface area contributed by atoms with Crippen molar-refractivity contribution in [2.75, 3.05) is 20.7 Å². The number of rotatable bonds is 6. The number of ether oxygens (including phenoxy) is 2. The number of aliphatic carboxylic acids is 1. The van der Waals surface area contributed by atoms with Gasteiger partial charge in [-0.25, -0.2) is 0 Å². The number of thiocarbonyl (C=S) groups is 1. The fourth-order valence-corrected chi connectivity index (χ4v) is 10.3. The maximum atomic E-state index is 13.5. The number of carboxylic acids is 1. The van der Waals surface area contributed by atoms with Crippen LogP contribution >= 0.6 is 23.6 Å². The molecule has 12 nitrogen and oxygen atoms in total. The third-order valence-corrected chi connectivity index (χ3v) is 13.1. The Morgan fingerprint density at radius 1 is 1.39 bits per heavy atom. The van der Waals surface area contributed by atoms with E-state index in [0.29, 0.717) is 24.3 Å². The molecule has 1 aromatic carbocycles. The first-order valence-electron chi connectivity index (χ1n) is 12.3. The van der Waals surface area contributed by atoms with Gasteiger partial charge in [-0.15, -0.1) is 0 Å². The number of carbonyl (C=O) groups excluding carboxylic acids is 1. The SMILES string of the molecule is COc1ccc2c(c1)[N+]1(CCC1C(C)S(=O)(=O)O)C(=CC(C)=c1s/c(=C3/OC(=S)N(C)C3=O)n(CC(=O)O)c1=O)[Se]2. The average molecular weight is 688 g/mol. The summed E-state index contributed by atoms with van der Waals surface area (Å²) in [5.41, 5.74) is 0.808.